The SMILES string of the molecule is Cc1ccc(N2CCN(CC(=O)Nc3cccc(C)n3)C2=O)cc1. The fourth-order valence-electron chi connectivity index (χ4n) is 2.66. The number of amides is 3. The smallest absolute Gasteiger partial charge is 0.313 e. The molecule has 6 heteroatoms. The minimum Gasteiger partial charge on any atom is -0.313 e. The molecule has 0 atom stereocenters. The van der Waals surface area contributed by atoms with Gasteiger partial charge in [0.15, 0.2) is 0 Å². The molecule has 0 unspecified atom stereocenters. The molecule has 0 saturated carbocycles. The summed E-state index contributed by atoms with van der Waals surface area (Å²) in [7, 11) is 0. The fourth-order valence-corrected chi connectivity index (χ4v) is 2.66. The van der Waals surface area contributed by atoms with Gasteiger partial charge in [0, 0.05) is 24.5 Å². The average Bonchev–Trinajstić information content (AvgIpc) is 2.89. The van der Waals surface area contributed by atoms with Gasteiger partial charge >= 0.3 is 6.03 Å². The topological polar surface area (TPSA) is 65.5 Å². The molecule has 0 bridgehead atoms. The summed E-state index contributed by atoms with van der Waals surface area (Å²) in [4.78, 5) is 32.1. The second-order valence-corrected chi connectivity index (χ2v) is 5.90. The van der Waals surface area contributed by atoms with Crippen molar-refractivity contribution < 1.29 is 9.59 Å². The maximum atomic E-state index is 12.5. The molecule has 3 rings (SSSR count). The van der Waals surface area contributed by atoms with Crippen LogP contribution < -0.4 is 10.2 Å². The minimum atomic E-state index is -0.243. The molecule has 24 heavy (non-hydrogen) atoms. The Bertz CT molecular complexity index is 758. The van der Waals surface area contributed by atoms with Gasteiger partial charge in [-0.2, -0.15) is 0 Å². The summed E-state index contributed by atoms with van der Waals surface area (Å²) in [5, 5.41) is 2.73. The van der Waals surface area contributed by atoms with E-state index < -0.39 is 0 Å². The summed E-state index contributed by atoms with van der Waals surface area (Å²) in [6.07, 6.45) is 0. The number of hydrogen-bond donors (Lipinski definition) is 1. The van der Waals surface area contributed by atoms with Gasteiger partial charge in [-0.15, -0.1) is 0 Å². The first kappa shape index (κ1) is 16.0. The van der Waals surface area contributed by atoms with Gasteiger partial charge in [-0.25, -0.2) is 9.78 Å². The van der Waals surface area contributed by atoms with Crippen molar-refractivity contribution in [3.05, 3.63) is 53.7 Å². The molecule has 1 aliphatic heterocycles. The number of nitrogens with zero attached hydrogens (tertiary/aromatic N) is 3. The predicted octanol–water partition coefficient (Wildman–Crippen LogP) is 2.58. The van der Waals surface area contributed by atoms with Gasteiger partial charge in [0.25, 0.3) is 0 Å². The number of hydrogen-bond acceptors (Lipinski definition) is 3. The summed E-state index contributed by atoms with van der Waals surface area (Å²) < 4.78 is 0. The Morgan fingerprint density at radius 3 is 2.58 bits per heavy atom. The molecule has 2 aromatic rings. The van der Waals surface area contributed by atoms with Crippen LogP contribution in [0.1, 0.15) is 11.3 Å². The highest BCUT2D eigenvalue weighted by Gasteiger charge is 2.30. The molecule has 0 spiro atoms. The molecular formula is C18H20N4O2. The molecule has 0 aliphatic carbocycles. The highest BCUT2D eigenvalue weighted by Crippen LogP contribution is 2.20. The summed E-state index contributed by atoms with van der Waals surface area (Å²) in [6.45, 7) is 5.00. The Hall–Kier alpha value is -2.89. The van der Waals surface area contributed by atoms with Crippen LogP contribution in [0.5, 0.6) is 0 Å². The van der Waals surface area contributed by atoms with Crippen molar-refractivity contribution in [2.24, 2.45) is 0 Å². The Morgan fingerprint density at radius 1 is 1.12 bits per heavy atom. The van der Waals surface area contributed by atoms with E-state index in [1.54, 1.807) is 15.9 Å². The van der Waals surface area contributed by atoms with Crippen LogP contribution in [0, 0.1) is 13.8 Å². The molecule has 1 N–H and O–H groups in total. The van der Waals surface area contributed by atoms with E-state index in [1.807, 2.05) is 50.2 Å². The molecule has 1 aliphatic rings. The van der Waals surface area contributed by atoms with Crippen LogP contribution in [0.4, 0.5) is 16.3 Å². The number of aryl methyl sites for hydroxylation is 2. The molecule has 0 radical (unpaired) electrons. The van der Waals surface area contributed by atoms with Crippen molar-refractivity contribution in [2.45, 2.75) is 13.8 Å². The molecule has 1 saturated heterocycles. The number of urea groups is 1. The highest BCUT2D eigenvalue weighted by atomic mass is 16.2. The maximum absolute atomic E-state index is 12.5. The summed E-state index contributed by atoms with van der Waals surface area (Å²) in [6, 6.07) is 13.1. The fraction of sp³-hybridized carbons (Fsp3) is 0.278. The quantitative estimate of drug-likeness (QED) is 0.940. The van der Waals surface area contributed by atoms with E-state index >= 15 is 0 Å². The largest absolute Gasteiger partial charge is 0.325 e. The number of aromatic nitrogens is 1. The normalized spacial score (nSPS) is 14.2. The molecule has 6 nitrogen and oxygen atoms in total. The lowest BCUT2D eigenvalue weighted by atomic mass is 10.2. The van der Waals surface area contributed by atoms with Crippen LogP contribution in [0.3, 0.4) is 0 Å². The Kier molecular flexibility index (Phi) is 4.46. The number of anilines is 2. The highest BCUT2D eigenvalue weighted by molar-refractivity contribution is 5.99. The first-order chi connectivity index (χ1) is 11.5. The first-order valence-electron chi connectivity index (χ1n) is 7.89. The molecular weight excluding hydrogens is 304 g/mol. The van der Waals surface area contributed by atoms with E-state index in [-0.39, 0.29) is 18.5 Å². The zero-order valence-corrected chi connectivity index (χ0v) is 13.8. The molecule has 1 aromatic heterocycles. The summed E-state index contributed by atoms with van der Waals surface area (Å²) in [5.41, 5.74) is 2.83. The third kappa shape index (κ3) is 3.53. The zero-order chi connectivity index (χ0) is 17.1. The number of rotatable bonds is 4. The van der Waals surface area contributed by atoms with Crippen LogP contribution in [0.25, 0.3) is 0 Å². The second-order valence-electron chi connectivity index (χ2n) is 5.90. The third-order valence-corrected chi connectivity index (χ3v) is 3.93. The monoisotopic (exact) mass is 324 g/mol. The average molecular weight is 324 g/mol. The molecule has 3 amide bonds. The van der Waals surface area contributed by atoms with Crippen LogP contribution in [0.2, 0.25) is 0 Å². The van der Waals surface area contributed by atoms with Gasteiger partial charge in [0.2, 0.25) is 5.91 Å². The zero-order valence-electron chi connectivity index (χ0n) is 13.8. The van der Waals surface area contributed by atoms with Gasteiger partial charge in [-0.3, -0.25) is 9.69 Å². The predicted molar refractivity (Wildman–Crippen MR) is 93.1 cm³/mol. The lowest BCUT2D eigenvalue weighted by Gasteiger charge is -2.18. The summed E-state index contributed by atoms with van der Waals surface area (Å²) in [5.74, 6) is 0.259. The van der Waals surface area contributed by atoms with E-state index in [9.17, 15) is 9.59 Å². The second kappa shape index (κ2) is 6.70. The maximum Gasteiger partial charge on any atom is 0.325 e. The van der Waals surface area contributed by atoms with E-state index in [0.717, 1.165) is 16.9 Å². The van der Waals surface area contributed by atoms with Crippen LogP contribution >= 0.6 is 0 Å². The molecule has 1 aromatic carbocycles. The standard InChI is InChI=1S/C18H20N4O2/c1-13-6-8-15(9-7-13)22-11-10-21(18(22)24)12-17(23)20-16-5-3-4-14(2)19-16/h3-9H,10-12H2,1-2H3,(H,19,20,23). The van der Waals surface area contributed by atoms with Gasteiger partial charge in [0.05, 0.1) is 0 Å². The number of carbonyl (C=O) groups excluding carboxylic acids is 2. The first-order valence-corrected chi connectivity index (χ1v) is 7.89. The Labute approximate surface area is 141 Å². The van der Waals surface area contributed by atoms with E-state index in [2.05, 4.69) is 10.3 Å². The Balaban J connectivity index is 1.61. The van der Waals surface area contributed by atoms with Crippen molar-refractivity contribution in [2.75, 3.05) is 29.9 Å². The van der Waals surface area contributed by atoms with E-state index in [0.29, 0.717) is 18.9 Å². The van der Waals surface area contributed by atoms with Crippen LogP contribution in [0.15, 0.2) is 42.5 Å². The van der Waals surface area contributed by atoms with Crippen molar-refractivity contribution in [1.82, 2.24) is 9.88 Å². The van der Waals surface area contributed by atoms with Gasteiger partial charge in [-0.1, -0.05) is 23.8 Å². The van der Waals surface area contributed by atoms with E-state index in [4.69, 9.17) is 0 Å². The van der Waals surface area contributed by atoms with Gasteiger partial charge in [0.1, 0.15) is 12.4 Å². The minimum absolute atomic E-state index is 0.0246. The van der Waals surface area contributed by atoms with Crippen molar-refractivity contribution in [3.63, 3.8) is 0 Å². The van der Waals surface area contributed by atoms with Gasteiger partial charge < -0.3 is 10.2 Å². The molecule has 1 fully saturated rings. The lowest BCUT2D eigenvalue weighted by Crippen LogP contribution is -2.37. The van der Waals surface area contributed by atoms with Crippen molar-refractivity contribution >= 4 is 23.4 Å². The number of nitrogens with one attached hydrogen (secondary N) is 1. The van der Waals surface area contributed by atoms with Gasteiger partial charge in [-0.05, 0) is 38.1 Å². The van der Waals surface area contributed by atoms with E-state index in [1.165, 1.54) is 0 Å². The summed E-state index contributed by atoms with van der Waals surface area (Å²) >= 11 is 0. The third-order valence-electron chi connectivity index (χ3n) is 3.93. The Morgan fingerprint density at radius 2 is 1.88 bits per heavy atom. The number of carbonyl (C=O) groups is 2. The lowest BCUT2D eigenvalue weighted by molar-refractivity contribution is -0.116. The molecule has 2 heterocycles. The van der Waals surface area contributed by atoms with Crippen LogP contribution in [-0.2, 0) is 4.79 Å². The molecule has 124 valence electrons. The number of pyridine rings is 1. The van der Waals surface area contributed by atoms with Crippen molar-refractivity contribution in [3.8, 4) is 0 Å². The number of benzene rings is 1. The van der Waals surface area contributed by atoms with Crippen LogP contribution in [-0.4, -0.2) is 41.5 Å². The van der Waals surface area contributed by atoms with Crippen molar-refractivity contribution in [1.29, 1.82) is 0 Å².